The van der Waals surface area contributed by atoms with Gasteiger partial charge in [-0.25, -0.2) is 4.98 Å². The van der Waals surface area contributed by atoms with E-state index in [1.807, 2.05) is 42.5 Å². The van der Waals surface area contributed by atoms with Crippen molar-refractivity contribution >= 4 is 39.9 Å². The zero-order valence-corrected chi connectivity index (χ0v) is 19.3. The van der Waals surface area contributed by atoms with Gasteiger partial charge < -0.3 is 19.4 Å². The Hall–Kier alpha value is -3.56. The average Bonchev–Trinajstić information content (AvgIpc) is 3.39. The number of furan rings is 1. The zero-order valence-electron chi connectivity index (χ0n) is 18.5. The Morgan fingerprint density at radius 1 is 1.03 bits per heavy atom. The number of benzene rings is 2. The van der Waals surface area contributed by atoms with Gasteiger partial charge in [0.05, 0.1) is 42.7 Å². The molecule has 34 heavy (non-hydrogen) atoms. The van der Waals surface area contributed by atoms with E-state index in [1.165, 1.54) is 11.8 Å². The third-order valence-electron chi connectivity index (χ3n) is 5.58. The van der Waals surface area contributed by atoms with Gasteiger partial charge in [-0.2, -0.15) is 0 Å². The first-order valence-corrected chi connectivity index (χ1v) is 12.0. The number of morpholine rings is 1. The van der Waals surface area contributed by atoms with Crippen molar-refractivity contribution in [2.75, 3.05) is 42.3 Å². The van der Waals surface area contributed by atoms with E-state index in [0.717, 1.165) is 37.7 Å². The number of carbonyl (C=O) groups is 1. The summed E-state index contributed by atoms with van der Waals surface area (Å²) in [6, 6.07) is 18.6. The third-order valence-corrected chi connectivity index (χ3v) is 6.56. The maximum atomic E-state index is 13.1. The molecule has 5 rings (SSSR count). The molecule has 8 nitrogen and oxygen atoms in total. The molecule has 1 aliphatic heterocycles. The Kier molecular flexibility index (Phi) is 6.64. The fourth-order valence-electron chi connectivity index (χ4n) is 3.86. The van der Waals surface area contributed by atoms with Crippen molar-refractivity contribution in [2.24, 2.45) is 0 Å². The number of nitrogens with one attached hydrogen (secondary N) is 1. The third kappa shape index (κ3) is 5.00. The van der Waals surface area contributed by atoms with Gasteiger partial charge in [-0.1, -0.05) is 23.9 Å². The first-order valence-electron chi connectivity index (χ1n) is 11.0. The molecule has 174 valence electrons. The summed E-state index contributed by atoms with van der Waals surface area (Å²) in [5.41, 5.74) is 2.27. The Morgan fingerprint density at radius 2 is 1.82 bits per heavy atom. The number of hydrogen-bond donors (Lipinski definition) is 1. The molecule has 1 N–H and O–H groups in total. The number of hydrogen-bond acceptors (Lipinski definition) is 7. The summed E-state index contributed by atoms with van der Waals surface area (Å²) < 4.78 is 12.4. The molecular weight excluding hydrogens is 452 g/mol. The second kappa shape index (κ2) is 10.1. The first-order chi connectivity index (χ1) is 16.7. The monoisotopic (exact) mass is 476 g/mol. The first kappa shape index (κ1) is 22.2. The molecular formula is C25H24N4O4S. The molecule has 0 aliphatic carbocycles. The highest BCUT2D eigenvalue weighted by Crippen LogP contribution is 2.21. The van der Waals surface area contributed by atoms with Crippen LogP contribution in [0.25, 0.3) is 10.9 Å². The molecule has 2 aromatic heterocycles. The van der Waals surface area contributed by atoms with E-state index in [9.17, 15) is 9.59 Å². The molecule has 0 atom stereocenters. The van der Waals surface area contributed by atoms with E-state index in [2.05, 4.69) is 15.2 Å². The number of amides is 1. The minimum Gasteiger partial charge on any atom is -0.467 e. The zero-order chi connectivity index (χ0) is 23.3. The second-order valence-electron chi connectivity index (χ2n) is 7.87. The summed E-state index contributed by atoms with van der Waals surface area (Å²) in [4.78, 5) is 32.7. The van der Waals surface area contributed by atoms with Crippen molar-refractivity contribution in [3.8, 4) is 0 Å². The van der Waals surface area contributed by atoms with Crippen molar-refractivity contribution in [2.45, 2.75) is 11.7 Å². The Labute approximate surface area is 200 Å². The van der Waals surface area contributed by atoms with Crippen molar-refractivity contribution in [1.29, 1.82) is 0 Å². The summed E-state index contributed by atoms with van der Waals surface area (Å²) in [6.45, 7) is 3.42. The lowest BCUT2D eigenvalue weighted by molar-refractivity contribution is -0.113. The topological polar surface area (TPSA) is 89.6 Å². The van der Waals surface area contributed by atoms with Gasteiger partial charge >= 0.3 is 0 Å². The number of thioether (sulfide) groups is 1. The number of nitrogens with zero attached hydrogens (tertiary/aromatic N) is 3. The summed E-state index contributed by atoms with van der Waals surface area (Å²) in [7, 11) is 0. The van der Waals surface area contributed by atoms with Crippen molar-refractivity contribution in [3.63, 3.8) is 0 Å². The van der Waals surface area contributed by atoms with E-state index in [1.54, 1.807) is 29.0 Å². The molecule has 0 spiro atoms. The van der Waals surface area contributed by atoms with Crippen molar-refractivity contribution in [1.82, 2.24) is 9.55 Å². The predicted molar refractivity (Wildman–Crippen MR) is 133 cm³/mol. The summed E-state index contributed by atoms with van der Waals surface area (Å²) in [5, 5.41) is 3.92. The molecule has 1 amide bonds. The van der Waals surface area contributed by atoms with Crippen LogP contribution in [-0.4, -0.2) is 47.5 Å². The van der Waals surface area contributed by atoms with Crippen LogP contribution in [-0.2, 0) is 16.1 Å². The standard InChI is InChI=1S/C25H24N4O4S/c30-23(26-18-7-9-19(10-8-18)28-11-14-32-15-12-28)17-34-25-27-22-6-2-1-5-21(22)24(31)29(25)16-20-4-3-13-33-20/h1-10,13H,11-12,14-17H2,(H,26,30). The van der Waals surface area contributed by atoms with Crippen LogP contribution in [0.5, 0.6) is 0 Å². The lowest BCUT2D eigenvalue weighted by atomic mass is 10.2. The fourth-order valence-corrected chi connectivity index (χ4v) is 4.66. The highest BCUT2D eigenvalue weighted by atomic mass is 32.2. The molecule has 1 saturated heterocycles. The van der Waals surface area contributed by atoms with Crippen LogP contribution in [0.1, 0.15) is 5.76 Å². The fraction of sp³-hybridized carbons (Fsp3) is 0.240. The van der Waals surface area contributed by atoms with Gasteiger partial charge in [0.25, 0.3) is 5.56 Å². The maximum absolute atomic E-state index is 13.1. The smallest absolute Gasteiger partial charge is 0.262 e. The number of ether oxygens (including phenoxy) is 1. The van der Waals surface area contributed by atoms with E-state index >= 15 is 0 Å². The van der Waals surface area contributed by atoms with Crippen LogP contribution >= 0.6 is 11.8 Å². The number of rotatable bonds is 7. The molecule has 3 heterocycles. The van der Waals surface area contributed by atoms with Crippen LogP contribution < -0.4 is 15.8 Å². The highest BCUT2D eigenvalue weighted by Gasteiger charge is 2.15. The Morgan fingerprint density at radius 3 is 2.59 bits per heavy atom. The van der Waals surface area contributed by atoms with Crippen LogP contribution in [0.3, 0.4) is 0 Å². The Balaban J connectivity index is 1.29. The van der Waals surface area contributed by atoms with E-state index in [-0.39, 0.29) is 23.8 Å². The second-order valence-corrected chi connectivity index (χ2v) is 8.81. The van der Waals surface area contributed by atoms with Crippen LogP contribution in [0.2, 0.25) is 0 Å². The molecule has 1 fully saturated rings. The van der Waals surface area contributed by atoms with Gasteiger partial charge in [0.15, 0.2) is 5.16 Å². The lowest BCUT2D eigenvalue weighted by Crippen LogP contribution is -2.36. The summed E-state index contributed by atoms with van der Waals surface area (Å²) >= 11 is 1.23. The number of carbonyl (C=O) groups excluding carboxylic acids is 1. The van der Waals surface area contributed by atoms with Crippen LogP contribution in [0, 0.1) is 0 Å². The molecule has 2 aromatic carbocycles. The van der Waals surface area contributed by atoms with Gasteiger partial charge in [-0.15, -0.1) is 0 Å². The molecule has 0 unspecified atom stereocenters. The number of fused-ring (bicyclic) bond motifs is 1. The summed E-state index contributed by atoms with van der Waals surface area (Å²) in [6.07, 6.45) is 1.57. The maximum Gasteiger partial charge on any atom is 0.262 e. The number of para-hydroxylation sites is 1. The SMILES string of the molecule is O=C(CSc1nc2ccccc2c(=O)n1Cc1ccco1)Nc1ccc(N2CCOCC2)cc1. The normalized spacial score (nSPS) is 13.8. The lowest BCUT2D eigenvalue weighted by Gasteiger charge is -2.28. The van der Waals surface area contributed by atoms with Gasteiger partial charge in [0.2, 0.25) is 5.91 Å². The molecule has 4 aromatic rings. The van der Waals surface area contributed by atoms with E-state index < -0.39 is 0 Å². The van der Waals surface area contributed by atoms with Gasteiger partial charge in [-0.3, -0.25) is 14.2 Å². The van der Waals surface area contributed by atoms with Crippen molar-refractivity contribution in [3.05, 3.63) is 83.0 Å². The van der Waals surface area contributed by atoms with E-state index in [0.29, 0.717) is 21.8 Å². The molecule has 9 heteroatoms. The summed E-state index contributed by atoms with van der Waals surface area (Å²) in [5.74, 6) is 0.593. The number of anilines is 2. The van der Waals surface area contributed by atoms with E-state index in [4.69, 9.17) is 9.15 Å². The van der Waals surface area contributed by atoms with Gasteiger partial charge in [0.1, 0.15) is 5.76 Å². The Bertz CT molecular complexity index is 1330. The molecule has 1 aliphatic rings. The van der Waals surface area contributed by atoms with Crippen LogP contribution in [0.15, 0.2) is 81.3 Å². The average molecular weight is 477 g/mol. The molecule has 0 saturated carbocycles. The minimum atomic E-state index is -0.170. The minimum absolute atomic E-state index is 0.119. The largest absolute Gasteiger partial charge is 0.467 e. The van der Waals surface area contributed by atoms with Crippen molar-refractivity contribution < 1.29 is 13.9 Å². The predicted octanol–water partition coefficient (Wildman–Crippen LogP) is 3.61. The van der Waals surface area contributed by atoms with Gasteiger partial charge in [0, 0.05) is 24.5 Å². The number of aromatic nitrogens is 2. The quantitative estimate of drug-likeness (QED) is 0.322. The highest BCUT2D eigenvalue weighted by molar-refractivity contribution is 7.99. The van der Waals surface area contributed by atoms with Gasteiger partial charge in [-0.05, 0) is 48.5 Å². The van der Waals surface area contributed by atoms with Crippen LogP contribution in [0.4, 0.5) is 11.4 Å². The molecule has 0 radical (unpaired) electrons. The molecule has 0 bridgehead atoms.